The molecule has 19 heteroatoms. The number of pyridine rings is 2. The van der Waals surface area contributed by atoms with Crippen molar-refractivity contribution in [1.29, 1.82) is 0 Å². The normalized spacial score (nSPS) is 11.5. The highest BCUT2D eigenvalue weighted by Gasteiger charge is 2.27. The van der Waals surface area contributed by atoms with E-state index in [1.807, 2.05) is 74.1 Å². The average Bonchev–Trinajstić information content (AvgIpc) is 3.77. The number of hydrogen-bond donors (Lipinski definition) is 4. The number of aromatic nitrogens is 3. The minimum absolute atomic E-state index is 0.0994. The molecule has 71 heavy (non-hydrogen) atoms. The number of halogens is 2. The van der Waals surface area contributed by atoms with Crippen LogP contribution in [0.4, 0.5) is 26.0 Å². The van der Waals surface area contributed by atoms with E-state index in [1.54, 1.807) is 37.3 Å². The Morgan fingerprint density at radius 2 is 1.62 bits per heavy atom. The summed E-state index contributed by atoms with van der Waals surface area (Å²) in [5, 5.41) is 20.1. The molecule has 0 radical (unpaired) electrons. The second-order valence-corrected chi connectivity index (χ2v) is 19.1. The van der Waals surface area contributed by atoms with E-state index < -0.39 is 50.6 Å². The van der Waals surface area contributed by atoms with Crippen LogP contribution >= 0.6 is 0 Å². The lowest BCUT2D eigenvalue weighted by Crippen LogP contribution is -2.27. The van der Waals surface area contributed by atoms with E-state index in [9.17, 15) is 37.1 Å². The zero-order valence-corrected chi connectivity index (χ0v) is 40.1. The number of rotatable bonds is 17. The van der Waals surface area contributed by atoms with Crippen LogP contribution in [-0.4, -0.2) is 87.4 Å². The van der Waals surface area contributed by atoms with E-state index in [0.717, 1.165) is 23.2 Å². The van der Waals surface area contributed by atoms with Gasteiger partial charge in [-0.1, -0.05) is 13.0 Å². The number of unbranched alkanes of at least 4 members (excludes halogenated alkanes) is 1. The number of hydrogen-bond acceptors (Lipinski definition) is 11. The number of amides is 2. The van der Waals surface area contributed by atoms with Crippen molar-refractivity contribution in [2.45, 2.75) is 32.6 Å². The van der Waals surface area contributed by atoms with Crippen LogP contribution in [0.3, 0.4) is 0 Å². The number of fused-ring (bicyclic) bond motifs is 3. The lowest BCUT2D eigenvalue weighted by molar-refractivity contribution is -0.255. The van der Waals surface area contributed by atoms with Crippen molar-refractivity contribution in [3.63, 3.8) is 0 Å². The first kappa shape index (κ1) is 49.1. The minimum Gasteiger partial charge on any atom is -0.545 e. The Morgan fingerprint density at radius 3 is 2.34 bits per heavy atom. The van der Waals surface area contributed by atoms with Gasteiger partial charge in [0.1, 0.15) is 42.7 Å². The maximum absolute atomic E-state index is 15.5. The highest BCUT2D eigenvalue weighted by molar-refractivity contribution is 7.92. The van der Waals surface area contributed by atoms with E-state index in [-0.39, 0.29) is 64.6 Å². The Kier molecular flexibility index (Phi) is 14.1. The Balaban J connectivity index is 0.887. The predicted octanol–water partition coefficient (Wildman–Crippen LogP) is 6.80. The quantitative estimate of drug-likeness (QED) is 0.0321. The first-order valence-electron chi connectivity index (χ1n) is 22.5. The molecule has 6 aromatic rings. The molecule has 0 bridgehead atoms. The molecule has 364 valence electrons. The first-order valence-corrected chi connectivity index (χ1v) is 24.2. The SMILES string of the molecule is CCCS(=O)(=O)Nc1ccc(F)c(C(=O)c2c[nH]c3ncc(-c4ccc(NC(=O)CCCCNC(=O)c5ccc(-c6c7ccc(=[N+](C)C)cc-7oc7cc(N(C)C)ccc67)c(C(=O)[O-])c5)nc4)cc23)c1F. The maximum Gasteiger partial charge on any atom is 0.251 e. The van der Waals surface area contributed by atoms with Gasteiger partial charge < -0.3 is 34.8 Å². The van der Waals surface area contributed by atoms with Crippen molar-refractivity contribution < 1.29 is 45.9 Å². The molecule has 0 saturated carbocycles. The maximum atomic E-state index is 15.5. The molecule has 8 rings (SSSR count). The standard InChI is InChI=1S/C52H48F2N8O8S/c1-6-21-71(68,69)60-41-18-17-40(53)47(48(41)54)49(64)39-28-58-50-37(39)23-31(27-57-50)30-11-19-44(56-26-30)59-45(63)9-7-8-20-55-51(65)29-10-14-34(38(22-29)52(66)67)46-35-15-12-32(61(2)3)24-42(35)70-43-25-33(62(4)5)13-16-36(43)46/h10-19,22-28,55,60H,6-9,20-21H2,1-5H3,(H2,65,66,67). The van der Waals surface area contributed by atoms with Crippen molar-refractivity contribution in [1.82, 2.24) is 24.8 Å². The third-order valence-corrected chi connectivity index (χ3v) is 13.3. The van der Waals surface area contributed by atoms with Gasteiger partial charge in [-0.25, -0.2) is 31.7 Å². The summed E-state index contributed by atoms with van der Waals surface area (Å²) in [6.07, 6.45) is 5.47. The molecule has 0 unspecified atom stereocenters. The number of carbonyl (C=O) groups excluding carboxylic acids is 4. The van der Waals surface area contributed by atoms with Crippen LogP contribution in [0.15, 0.2) is 108 Å². The minimum atomic E-state index is -3.94. The fourth-order valence-electron chi connectivity index (χ4n) is 8.16. The highest BCUT2D eigenvalue weighted by atomic mass is 32.2. The number of carboxylic acid groups (broad SMARTS) is 1. The molecule has 3 aromatic heterocycles. The Bertz CT molecular complexity index is 3570. The highest BCUT2D eigenvalue weighted by Crippen LogP contribution is 2.42. The van der Waals surface area contributed by atoms with Gasteiger partial charge in [0.2, 0.25) is 27.1 Å². The molecule has 0 fully saturated rings. The summed E-state index contributed by atoms with van der Waals surface area (Å²) in [6, 6.07) is 22.4. The molecule has 4 N–H and O–H groups in total. The number of sulfonamides is 1. The van der Waals surface area contributed by atoms with Gasteiger partial charge in [0, 0.05) is 113 Å². The molecule has 2 aliphatic rings. The van der Waals surface area contributed by atoms with Gasteiger partial charge in [0.05, 0.1) is 29.0 Å². The number of benzene rings is 4. The number of ketones is 1. The Labute approximate surface area is 406 Å². The molecule has 0 atom stereocenters. The summed E-state index contributed by atoms with van der Waals surface area (Å²) in [7, 11) is 3.72. The Morgan fingerprint density at radius 1 is 0.845 bits per heavy atom. The number of carboxylic acids is 1. The van der Waals surface area contributed by atoms with Gasteiger partial charge in [-0.05, 0) is 85.5 Å². The van der Waals surface area contributed by atoms with Gasteiger partial charge in [-0.2, -0.15) is 0 Å². The monoisotopic (exact) mass is 982 g/mol. The van der Waals surface area contributed by atoms with Gasteiger partial charge in [0.15, 0.2) is 5.82 Å². The van der Waals surface area contributed by atoms with E-state index in [0.29, 0.717) is 57.4 Å². The van der Waals surface area contributed by atoms with Crippen molar-refractivity contribution in [3.8, 4) is 33.6 Å². The fourth-order valence-corrected chi connectivity index (χ4v) is 9.29. The number of aromatic carboxylic acids is 1. The van der Waals surface area contributed by atoms with Crippen molar-refractivity contribution in [3.05, 3.63) is 143 Å². The van der Waals surface area contributed by atoms with E-state index in [2.05, 4.69) is 30.3 Å². The van der Waals surface area contributed by atoms with Crippen molar-refractivity contribution in [2.24, 2.45) is 0 Å². The van der Waals surface area contributed by atoms with Gasteiger partial charge in [0.25, 0.3) is 5.91 Å². The third-order valence-electron chi connectivity index (χ3n) is 11.8. The first-order chi connectivity index (χ1) is 33.9. The topological polar surface area (TPSA) is 223 Å². The molecular formula is C52H48F2N8O8S. The van der Waals surface area contributed by atoms with Crippen molar-refractivity contribution in [2.75, 3.05) is 55.4 Å². The van der Waals surface area contributed by atoms with Crippen LogP contribution in [0.25, 0.3) is 55.6 Å². The molecule has 0 saturated heterocycles. The number of nitrogens with zero attached hydrogens (tertiary/aromatic N) is 4. The lowest BCUT2D eigenvalue weighted by atomic mass is 9.89. The van der Waals surface area contributed by atoms with Crippen LogP contribution in [0.2, 0.25) is 0 Å². The average molecular weight is 983 g/mol. The van der Waals surface area contributed by atoms with Crippen LogP contribution in [0, 0.1) is 11.6 Å². The van der Waals surface area contributed by atoms with Crippen LogP contribution in [0.1, 0.15) is 69.2 Å². The number of anilines is 3. The fraction of sp³-hybridized carbons (Fsp3) is 0.212. The molecule has 16 nitrogen and oxygen atoms in total. The number of aromatic amines is 1. The Hall–Kier alpha value is -8.32. The largest absolute Gasteiger partial charge is 0.545 e. The van der Waals surface area contributed by atoms with E-state index in [4.69, 9.17) is 4.42 Å². The molecule has 3 aromatic carbocycles. The molecule has 1 aliphatic carbocycles. The summed E-state index contributed by atoms with van der Waals surface area (Å²) >= 11 is 0. The summed E-state index contributed by atoms with van der Waals surface area (Å²) in [6.45, 7) is 1.84. The van der Waals surface area contributed by atoms with Gasteiger partial charge >= 0.3 is 0 Å². The summed E-state index contributed by atoms with van der Waals surface area (Å²) in [5.41, 5.74) is 2.81. The van der Waals surface area contributed by atoms with Crippen LogP contribution < -0.4 is 35.3 Å². The second-order valence-electron chi connectivity index (χ2n) is 17.2. The zero-order valence-electron chi connectivity index (χ0n) is 39.3. The molecule has 2 amide bonds. The molecule has 1 aliphatic heterocycles. The van der Waals surface area contributed by atoms with Gasteiger partial charge in [-0.3, -0.25) is 19.1 Å². The number of H-pyrrole nitrogens is 1. The summed E-state index contributed by atoms with van der Waals surface area (Å²) in [4.78, 5) is 65.9. The molecular weight excluding hydrogens is 935 g/mol. The van der Waals surface area contributed by atoms with E-state index in [1.165, 1.54) is 24.7 Å². The summed E-state index contributed by atoms with van der Waals surface area (Å²) in [5.74, 6) is -5.30. The van der Waals surface area contributed by atoms with Gasteiger partial charge in [-0.15, -0.1) is 0 Å². The third kappa shape index (κ3) is 10.5. The zero-order chi connectivity index (χ0) is 50.7. The lowest BCUT2D eigenvalue weighted by Gasteiger charge is -2.20. The summed E-state index contributed by atoms with van der Waals surface area (Å²) < 4.78 is 65.5. The smallest absolute Gasteiger partial charge is 0.251 e. The number of nitrogens with one attached hydrogen (secondary N) is 4. The second kappa shape index (κ2) is 20.3. The van der Waals surface area contributed by atoms with Crippen LogP contribution in [-0.2, 0) is 14.8 Å². The molecule has 0 spiro atoms. The van der Waals surface area contributed by atoms with Crippen molar-refractivity contribution >= 4 is 72.8 Å². The van der Waals surface area contributed by atoms with E-state index >= 15 is 4.39 Å². The predicted molar refractivity (Wildman–Crippen MR) is 266 cm³/mol. The molecule has 4 heterocycles. The van der Waals surface area contributed by atoms with Crippen LogP contribution in [0.5, 0.6) is 0 Å². The number of carbonyl (C=O) groups is 4.